The molecule has 2 heterocycles. The van der Waals surface area contributed by atoms with Gasteiger partial charge in [0.25, 0.3) is 0 Å². The molecule has 0 saturated carbocycles. The number of methoxy groups -OCH3 is 1. The second kappa shape index (κ2) is 6.68. The van der Waals surface area contributed by atoms with E-state index in [4.69, 9.17) is 9.47 Å². The van der Waals surface area contributed by atoms with Gasteiger partial charge in [-0.2, -0.15) is 0 Å². The maximum Gasteiger partial charge on any atom is 0.313 e. The summed E-state index contributed by atoms with van der Waals surface area (Å²) in [7, 11) is 1.73. The zero-order chi connectivity index (χ0) is 13.7. The Morgan fingerprint density at radius 3 is 3.00 bits per heavy atom. The summed E-state index contributed by atoms with van der Waals surface area (Å²) in [5.74, 6) is -0.171. The van der Waals surface area contributed by atoms with E-state index in [1.807, 2.05) is 0 Å². The Kier molecular flexibility index (Phi) is 5.19. The van der Waals surface area contributed by atoms with Gasteiger partial charge in [0.2, 0.25) is 0 Å². The number of carbonyl (C=O) groups is 1. The molecule has 0 aromatic heterocycles. The molecule has 5 heteroatoms. The molecule has 1 N–H and O–H groups in total. The van der Waals surface area contributed by atoms with Crippen molar-refractivity contribution in [3.05, 3.63) is 0 Å². The molecular weight excluding hydrogens is 246 g/mol. The van der Waals surface area contributed by atoms with Gasteiger partial charge in [-0.3, -0.25) is 4.79 Å². The van der Waals surface area contributed by atoms with Crippen LogP contribution in [0.15, 0.2) is 0 Å². The molecule has 0 aliphatic carbocycles. The second-order valence-electron chi connectivity index (χ2n) is 5.94. The van der Waals surface area contributed by atoms with Crippen molar-refractivity contribution in [3.8, 4) is 0 Å². The van der Waals surface area contributed by atoms with Crippen LogP contribution in [0.4, 0.5) is 0 Å². The molecule has 2 unspecified atom stereocenters. The van der Waals surface area contributed by atoms with Gasteiger partial charge in [0, 0.05) is 26.8 Å². The van der Waals surface area contributed by atoms with Crippen LogP contribution >= 0.6 is 0 Å². The molecule has 5 nitrogen and oxygen atoms in total. The maximum atomic E-state index is 11.6. The van der Waals surface area contributed by atoms with Gasteiger partial charge in [0.15, 0.2) is 0 Å². The summed E-state index contributed by atoms with van der Waals surface area (Å²) in [6.07, 6.45) is 3.89. The Bertz CT molecular complexity index is 300. The third kappa shape index (κ3) is 3.68. The number of hydrogen-bond donors (Lipinski definition) is 1. The van der Waals surface area contributed by atoms with Gasteiger partial charge < -0.3 is 19.5 Å². The van der Waals surface area contributed by atoms with Crippen LogP contribution in [0.5, 0.6) is 0 Å². The van der Waals surface area contributed by atoms with E-state index in [0.717, 1.165) is 39.0 Å². The van der Waals surface area contributed by atoms with Gasteiger partial charge in [-0.1, -0.05) is 0 Å². The lowest BCUT2D eigenvalue weighted by atomic mass is 9.81. The van der Waals surface area contributed by atoms with E-state index in [0.29, 0.717) is 25.7 Å². The van der Waals surface area contributed by atoms with Crippen LogP contribution in [0.1, 0.15) is 25.7 Å². The van der Waals surface area contributed by atoms with Crippen LogP contribution in [0.25, 0.3) is 0 Å². The lowest BCUT2D eigenvalue weighted by Crippen LogP contribution is -2.51. The summed E-state index contributed by atoms with van der Waals surface area (Å²) >= 11 is 0. The van der Waals surface area contributed by atoms with Crippen molar-refractivity contribution in [3.63, 3.8) is 0 Å². The van der Waals surface area contributed by atoms with Gasteiger partial charge in [-0.15, -0.1) is 0 Å². The van der Waals surface area contributed by atoms with E-state index in [-0.39, 0.29) is 0 Å². The SMILES string of the molecule is COCC1CCCN(CC2(C(=O)O)CCCOC2)C1. The summed E-state index contributed by atoms with van der Waals surface area (Å²) in [4.78, 5) is 13.9. The minimum atomic E-state index is -0.707. The van der Waals surface area contributed by atoms with E-state index < -0.39 is 11.4 Å². The van der Waals surface area contributed by atoms with Crippen LogP contribution in [-0.2, 0) is 14.3 Å². The van der Waals surface area contributed by atoms with Gasteiger partial charge in [0.05, 0.1) is 13.2 Å². The summed E-state index contributed by atoms with van der Waals surface area (Å²) in [6.45, 7) is 4.38. The Morgan fingerprint density at radius 2 is 2.37 bits per heavy atom. The highest BCUT2D eigenvalue weighted by molar-refractivity contribution is 5.75. The fourth-order valence-electron chi connectivity index (χ4n) is 3.31. The molecule has 0 radical (unpaired) electrons. The fourth-order valence-corrected chi connectivity index (χ4v) is 3.31. The standard InChI is InChI=1S/C14H25NO4/c1-18-9-12-4-2-6-15(8-12)10-14(13(16)17)5-3-7-19-11-14/h12H,2-11H2,1H3,(H,16,17). The van der Waals surface area contributed by atoms with Crippen molar-refractivity contribution < 1.29 is 19.4 Å². The highest BCUT2D eigenvalue weighted by Gasteiger charge is 2.42. The predicted molar refractivity (Wildman–Crippen MR) is 71.2 cm³/mol. The number of likely N-dealkylation sites (tertiary alicyclic amines) is 1. The van der Waals surface area contributed by atoms with Crippen molar-refractivity contribution in [2.75, 3.05) is 46.6 Å². The highest BCUT2D eigenvalue weighted by atomic mass is 16.5. The molecule has 2 atom stereocenters. The molecule has 0 amide bonds. The normalized spacial score (nSPS) is 33.2. The third-order valence-electron chi connectivity index (χ3n) is 4.31. The number of rotatable bonds is 5. The summed E-state index contributed by atoms with van der Waals surface area (Å²) in [5, 5.41) is 9.56. The molecule has 110 valence electrons. The molecule has 0 spiro atoms. The zero-order valence-corrected chi connectivity index (χ0v) is 11.8. The minimum absolute atomic E-state index is 0.355. The molecule has 2 aliphatic heterocycles. The minimum Gasteiger partial charge on any atom is -0.481 e. The largest absolute Gasteiger partial charge is 0.481 e. The smallest absolute Gasteiger partial charge is 0.313 e. The average molecular weight is 271 g/mol. The van der Waals surface area contributed by atoms with Crippen molar-refractivity contribution in [2.45, 2.75) is 25.7 Å². The third-order valence-corrected chi connectivity index (χ3v) is 4.31. The Balaban J connectivity index is 1.95. The van der Waals surface area contributed by atoms with Crippen molar-refractivity contribution in [2.24, 2.45) is 11.3 Å². The number of carboxylic acids is 1. The number of hydrogen-bond acceptors (Lipinski definition) is 4. The van der Waals surface area contributed by atoms with E-state index in [1.54, 1.807) is 7.11 Å². The molecule has 0 aromatic carbocycles. The van der Waals surface area contributed by atoms with E-state index >= 15 is 0 Å². The molecule has 19 heavy (non-hydrogen) atoms. The molecule has 2 rings (SSSR count). The Morgan fingerprint density at radius 1 is 1.53 bits per heavy atom. The van der Waals surface area contributed by atoms with E-state index in [2.05, 4.69) is 4.90 Å². The number of nitrogens with zero attached hydrogens (tertiary/aromatic N) is 1. The summed E-state index contributed by atoms with van der Waals surface area (Å²) < 4.78 is 10.7. The lowest BCUT2D eigenvalue weighted by Gasteiger charge is -2.40. The highest BCUT2D eigenvalue weighted by Crippen LogP contribution is 2.31. The Labute approximate surface area is 114 Å². The van der Waals surface area contributed by atoms with Crippen LogP contribution in [-0.4, -0.2) is 62.5 Å². The van der Waals surface area contributed by atoms with Gasteiger partial charge >= 0.3 is 5.97 Å². The van der Waals surface area contributed by atoms with Gasteiger partial charge in [-0.25, -0.2) is 0 Å². The number of ether oxygens (including phenoxy) is 2. The van der Waals surface area contributed by atoms with Crippen LogP contribution < -0.4 is 0 Å². The van der Waals surface area contributed by atoms with Crippen LogP contribution in [0, 0.1) is 11.3 Å². The quantitative estimate of drug-likeness (QED) is 0.815. The number of carboxylic acid groups (broad SMARTS) is 1. The first-order valence-corrected chi connectivity index (χ1v) is 7.19. The van der Waals surface area contributed by atoms with E-state index in [1.165, 1.54) is 6.42 Å². The number of aliphatic carboxylic acids is 1. The van der Waals surface area contributed by atoms with Gasteiger partial charge in [0.1, 0.15) is 5.41 Å². The first-order valence-electron chi connectivity index (χ1n) is 7.19. The van der Waals surface area contributed by atoms with Crippen molar-refractivity contribution >= 4 is 5.97 Å². The monoisotopic (exact) mass is 271 g/mol. The topological polar surface area (TPSA) is 59.0 Å². The van der Waals surface area contributed by atoms with E-state index in [9.17, 15) is 9.90 Å². The maximum absolute atomic E-state index is 11.6. The predicted octanol–water partition coefficient (Wildman–Crippen LogP) is 1.23. The molecule has 2 saturated heterocycles. The first-order chi connectivity index (χ1) is 9.16. The fraction of sp³-hybridized carbons (Fsp3) is 0.929. The average Bonchev–Trinajstić information content (AvgIpc) is 2.40. The van der Waals surface area contributed by atoms with Crippen LogP contribution in [0.3, 0.4) is 0 Å². The van der Waals surface area contributed by atoms with Crippen LogP contribution in [0.2, 0.25) is 0 Å². The summed E-state index contributed by atoms with van der Waals surface area (Å²) in [5.41, 5.74) is -0.701. The second-order valence-corrected chi connectivity index (χ2v) is 5.94. The molecule has 0 aromatic rings. The molecular formula is C14H25NO4. The molecule has 2 fully saturated rings. The lowest BCUT2D eigenvalue weighted by molar-refractivity contribution is -0.160. The summed E-state index contributed by atoms with van der Waals surface area (Å²) in [6, 6.07) is 0. The number of piperidine rings is 1. The zero-order valence-electron chi connectivity index (χ0n) is 11.8. The Hall–Kier alpha value is -0.650. The molecule has 2 aliphatic rings. The van der Waals surface area contributed by atoms with Crippen molar-refractivity contribution in [1.29, 1.82) is 0 Å². The van der Waals surface area contributed by atoms with Gasteiger partial charge in [-0.05, 0) is 38.1 Å². The molecule has 0 bridgehead atoms. The van der Waals surface area contributed by atoms with Crippen molar-refractivity contribution in [1.82, 2.24) is 4.90 Å². The first kappa shape index (κ1) is 14.8.